The van der Waals surface area contributed by atoms with Crippen LogP contribution in [0, 0.1) is 5.92 Å². The molecule has 0 amide bonds. The number of nitrogens with one attached hydrogen (secondary N) is 1. The summed E-state index contributed by atoms with van der Waals surface area (Å²) in [5.41, 5.74) is 0.775. The molecule has 4 heteroatoms. The number of ketones is 1. The summed E-state index contributed by atoms with van der Waals surface area (Å²) in [7, 11) is 0. The average molecular weight is 199 g/mol. The van der Waals surface area contributed by atoms with E-state index in [2.05, 4.69) is 10.3 Å². The monoisotopic (exact) mass is 198 g/mol. The van der Waals surface area contributed by atoms with Gasteiger partial charge in [0, 0.05) is 37.0 Å². The predicted octanol–water partition coefficient (Wildman–Crippen LogP) is 0.906. The van der Waals surface area contributed by atoms with Gasteiger partial charge in [-0.05, 0) is 12.1 Å². The molecule has 0 bridgehead atoms. The highest BCUT2D eigenvalue weighted by molar-refractivity contribution is 5.98. The number of aromatic nitrogens is 1. The van der Waals surface area contributed by atoms with Gasteiger partial charge < -0.3 is 5.32 Å². The second-order valence-corrected chi connectivity index (χ2v) is 2.96. The van der Waals surface area contributed by atoms with Crippen molar-refractivity contribution >= 4 is 18.2 Å². The van der Waals surface area contributed by atoms with Gasteiger partial charge in [-0.3, -0.25) is 9.78 Å². The molecule has 3 nitrogen and oxygen atoms in total. The van der Waals surface area contributed by atoms with Gasteiger partial charge in [0.25, 0.3) is 0 Å². The zero-order chi connectivity index (χ0) is 8.39. The second-order valence-electron chi connectivity index (χ2n) is 2.96. The molecule has 0 unspecified atom stereocenters. The van der Waals surface area contributed by atoms with Gasteiger partial charge in [0.1, 0.15) is 0 Å². The summed E-state index contributed by atoms with van der Waals surface area (Å²) in [6.07, 6.45) is 3.30. The van der Waals surface area contributed by atoms with Crippen LogP contribution in [0.4, 0.5) is 0 Å². The van der Waals surface area contributed by atoms with E-state index in [4.69, 9.17) is 0 Å². The summed E-state index contributed by atoms with van der Waals surface area (Å²) < 4.78 is 0. The molecule has 0 radical (unpaired) electrons. The molecule has 1 aromatic rings. The number of pyridine rings is 1. The van der Waals surface area contributed by atoms with Crippen LogP contribution in [0.1, 0.15) is 10.4 Å². The van der Waals surface area contributed by atoms with Crippen molar-refractivity contribution in [1.82, 2.24) is 10.3 Å². The number of nitrogens with zero attached hydrogens (tertiary/aromatic N) is 1. The SMILES string of the molecule is Cl.O=C(c1ccncc1)C1CNC1. The summed E-state index contributed by atoms with van der Waals surface area (Å²) in [6.45, 7) is 1.64. The van der Waals surface area contributed by atoms with Gasteiger partial charge >= 0.3 is 0 Å². The highest BCUT2D eigenvalue weighted by Crippen LogP contribution is 2.11. The molecular formula is C9H11ClN2O. The van der Waals surface area contributed by atoms with Gasteiger partial charge in [-0.15, -0.1) is 12.4 Å². The van der Waals surface area contributed by atoms with Gasteiger partial charge in [-0.1, -0.05) is 0 Å². The Kier molecular flexibility index (Phi) is 3.39. The normalized spacial score (nSPS) is 15.7. The van der Waals surface area contributed by atoms with Crippen LogP contribution < -0.4 is 5.32 Å². The number of rotatable bonds is 2. The van der Waals surface area contributed by atoms with E-state index >= 15 is 0 Å². The molecule has 1 aliphatic rings. The fourth-order valence-electron chi connectivity index (χ4n) is 1.23. The minimum Gasteiger partial charge on any atom is -0.315 e. The molecule has 0 atom stereocenters. The Morgan fingerprint density at radius 3 is 2.46 bits per heavy atom. The molecule has 1 saturated heterocycles. The van der Waals surface area contributed by atoms with Crippen LogP contribution in [0.25, 0.3) is 0 Å². The maximum atomic E-state index is 11.6. The molecule has 70 valence electrons. The molecule has 1 aliphatic heterocycles. The fourth-order valence-corrected chi connectivity index (χ4v) is 1.23. The first-order valence-corrected chi connectivity index (χ1v) is 4.03. The van der Waals surface area contributed by atoms with Crippen LogP contribution in [0.5, 0.6) is 0 Å². The first-order chi connectivity index (χ1) is 5.88. The van der Waals surface area contributed by atoms with E-state index < -0.39 is 0 Å². The smallest absolute Gasteiger partial charge is 0.168 e. The number of hydrogen-bond donors (Lipinski definition) is 1. The summed E-state index contributed by atoms with van der Waals surface area (Å²) in [5, 5.41) is 3.08. The van der Waals surface area contributed by atoms with Crippen LogP contribution in [0.3, 0.4) is 0 Å². The third-order valence-corrected chi connectivity index (χ3v) is 2.12. The second kappa shape index (κ2) is 4.35. The first kappa shape index (κ1) is 10.2. The summed E-state index contributed by atoms with van der Waals surface area (Å²) in [4.78, 5) is 15.4. The van der Waals surface area contributed by atoms with Crippen LogP contribution in [-0.2, 0) is 0 Å². The van der Waals surface area contributed by atoms with Crippen molar-refractivity contribution in [2.45, 2.75) is 0 Å². The Hall–Kier alpha value is -0.930. The molecule has 13 heavy (non-hydrogen) atoms. The van der Waals surface area contributed by atoms with Gasteiger partial charge in [0.15, 0.2) is 5.78 Å². The zero-order valence-corrected chi connectivity index (χ0v) is 7.88. The lowest BCUT2D eigenvalue weighted by atomic mass is 9.93. The van der Waals surface area contributed by atoms with Crippen molar-refractivity contribution in [2.75, 3.05) is 13.1 Å². The highest BCUT2D eigenvalue weighted by atomic mass is 35.5. The van der Waals surface area contributed by atoms with Gasteiger partial charge in [-0.25, -0.2) is 0 Å². The Labute approximate surface area is 83.0 Å². The van der Waals surface area contributed by atoms with Crippen LogP contribution in [-0.4, -0.2) is 23.9 Å². The third kappa shape index (κ3) is 2.05. The maximum absolute atomic E-state index is 11.6. The van der Waals surface area contributed by atoms with Crippen molar-refractivity contribution < 1.29 is 4.79 Å². The molecular weight excluding hydrogens is 188 g/mol. The number of hydrogen-bond acceptors (Lipinski definition) is 3. The number of halogens is 1. The topological polar surface area (TPSA) is 42.0 Å². The molecule has 0 aromatic carbocycles. The molecule has 2 rings (SSSR count). The summed E-state index contributed by atoms with van der Waals surface area (Å²) in [6, 6.07) is 3.53. The standard InChI is InChI=1S/C9H10N2O.ClH/c12-9(8-5-11-6-8)7-1-3-10-4-2-7;/h1-4,8,11H,5-6H2;1H. The highest BCUT2D eigenvalue weighted by Gasteiger charge is 2.25. The average Bonchev–Trinajstić information content (AvgIpc) is 2.03. The van der Waals surface area contributed by atoms with Gasteiger partial charge in [0.05, 0.1) is 0 Å². The van der Waals surface area contributed by atoms with Crippen molar-refractivity contribution in [2.24, 2.45) is 5.92 Å². The van der Waals surface area contributed by atoms with Crippen molar-refractivity contribution in [3.63, 3.8) is 0 Å². The fraction of sp³-hybridized carbons (Fsp3) is 0.333. The van der Waals surface area contributed by atoms with E-state index in [1.807, 2.05) is 0 Å². The molecule has 2 heterocycles. The number of carbonyl (C=O) groups is 1. The number of Topliss-reactive ketones (excluding diaryl/α,β-unsaturated/α-hetero) is 1. The van der Waals surface area contributed by atoms with Crippen molar-refractivity contribution in [3.05, 3.63) is 30.1 Å². The van der Waals surface area contributed by atoms with Crippen LogP contribution >= 0.6 is 12.4 Å². The van der Waals surface area contributed by atoms with Crippen LogP contribution in [0.15, 0.2) is 24.5 Å². The minimum atomic E-state index is 0. The predicted molar refractivity (Wildman–Crippen MR) is 52.2 cm³/mol. The van der Waals surface area contributed by atoms with Crippen LogP contribution in [0.2, 0.25) is 0 Å². The van der Waals surface area contributed by atoms with E-state index in [-0.39, 0.29) is 24.1 Å². The van der Waals surface area contributed by atoms with E-state index in [0.29, 0.717) is 0 Å². The quantitative estimate of drug-likeness (QED) is 0.719. The molecule has 0 spiro atoms. The van der Waals surface area contributed by atoms with E-state index in [1.54, 1.807) is 24.5 Å². The maximum Gasteiger partial charge on any atom is 0.168 e. The molecule has 0 saturated carbocycles. The van der Waals surface area contributed by atoms with E-state index in [1.165, 1.54) is 0 Å². The van der Waals surface area contributed by atoms with E-state index in [9.17, 15) is 4.79 Å². The van der Waals surface area contributed by atoms with Gasteiger partial charge in [-0.2, -0.15) is 0 Å². The zero-order valence-electron chi connectivity index (χ0n) is 7.06. The van der Waals surface area contributed by atoms with Gasteiger partial charge in [0.2, 0.25) is 0 Å². The molecule has 1 N–H and O–H groups in total. The lowest BCUT2D eigenvalue weighted by molar-refractivity contribution is 0.0878. The Morgan fingerprint density at radius 1 is 1.38 bits per heavy atom. The third-order valence-electron chi connectivity index (χ3n) is 2.12. The molecule has 1 fully saturated rings. The van der Waals surface area contributed by atoms with Crippen molar-refractivity contribution in [3.8, 4) is 0 Å². The number of carbonyl (C=O) groups excluding carboxylic acids is 1. The lowest BCUT2D eigenvalue weighted by Crippen LogP contribution is -2.46. The Balaban J connectivity index is 0.000000845. The molecule has 1 aromatic heterocycles. The summed E-state index contributed by atoms with van der Waals surface area (Å²) in [5.74, 6) is 0.420. The molecule has 0 aliphatic carbocycles. The Morgan fingerprint density at radius 2 is 2.00 bits per heavy atom. The van der Waals surface area contributed by atoms with E-state index in [0.717, 1.165) is 18.7 Å². The lowest BCUT2D eigenvalue weighted by Gasteiger charge is -2.25. The van der Waals surface area contributed by atoms with Crippen molar-refractivity contribution in [1.29, 1.82) is 0 Å². The Bertz CT molecular complexity index is 285. The minimum absolute atomic E-state index is 0. The largest absolute Gasteiger partial charge is 0.315 e. The first-order valence-electron chi connectivity index (χ1n) is 4.03. The summed E-state index contributed by atoms with van der Waals surface area (Å²) >= 11 is 0.